The van der Waals surface area contributed by atoms with E-state index in [1.807, 2.05) is 6.08 Å². The molecule has 18 heavy (non-hydrogen) atoms. The van der Waals surface area contributed by atoms with Crippen LogP contribution >= 0.6 is 0 Å². The highest BCUT2D eigenvalue weighted by molar-refractivity contribution is 6.80. The largest absolute Gasteiger partial charge is 0.410 e. The van der Waals surface area contributed by atoms with Crippen LogP contribution in [0.5, 0.6) is 0 Å². The lowest BCUT2D eigenvalue weighted by atomic mass is 9.97. The quantitative estimate of drug-likeness (QED) is 0.713. The lowest BCUT2D eigenvalue weighted by Gasteiger charge is -2.20. The third kappa shape index (κ3) is 2.23. The van der Waals surface area contributed by atoms with Crippen LogP contribution in [0.25, 0.3) is 5.57 Å². The molecule has 96 valence electrons. The van der Waals surface area contributed by atoms with Gasteiger partial charge in [0.05, 0.1) is 0 Å². The fraction of sp³-hybridized carbons (Fsp3) is 0.375. The van der Waals surface area contributed by atoms with Gasteiger partial charge in [0.15, 0.2) is 0 Å². The summed E-state index contributed by atoms with van der Waals surface area (Å²) in [7, 11) is -1.75. The maximum absolute atomic E-state index is 6.21. The van der Waals surface area contributed by atoms with Crippen LogP contribution in [0.4, 0.5) is 0 Å². The molecule has 1 aromatic rings. The second kappa shape index (κ2) is 4.86. The average molecular weight is 258 g/mol. The summed E-state index contributed by atoms with van der Waals surface area (Å²) in [5.74, 6) is 0.486. The Hall–Kier alpha value is -1.12. The van der Waals surface area contributed by atoms with E-state index < -0.39 is 8.32 Å². The van der Waals surface area contributed by atoms with E-state index in [4.69, 9.17) is 4.43 Å². The first kappa shape index (κ1) is 13.3. The molecular weight excluding hydrogens is 236 g/mol. The Labute approximate surface area is 111 Å². The summed E-state index contributed by atoms with van der Waals surface area (Å²) in [6.07, 6.45) is 2.32. The summed E-state index contributed by atoms with van der Waals surface area (Å²) in [5, 5.41) is 1.50. The van der Waals surface area contributed by atoms with Crippen LogP contribution < -0.4 is 0 Å². The van der Waals surface area contributed by atoms with Crippen LogP contribution in [-0.4, -0.2) is 14.4 Å². The van der Waals surface area contributed by atoms with Gasteiger partial charge in [0, 0.05) is 12.0 Å². The fourth-order valence-electron chi connectivity index (χ4n) is 2.98. The monoisotopic (exact) mass is 258 g/mol. The van der Waals surface area contributed by atoms with Crippen molar-refractivity contribution in [2.24, 2.45) is 5.92 Å². The number of hydrogen-bond acceptors (Lipinski definition) is 1. The third-order valence-corrected chi connectivity index (χ3v) is 6.85. The van der Waals surface area contributed by atoms with Crippen LogP contribution in [0.15, 0.2) is 48.2 Å². The SMILES string of the molecule is C=C/C(=C1\[C@H](C)[C@H](C)O[Si]1(C)C)c1ccccc1. The van der Waals surface area contributed by atoms with E-state index in [0.717, 1.165) is 0 Å². The van der Waals surface area contributed by atoms with E-state index in [2.05, 4.69) is 63.9 Å². The van der Waals surface area contributed by atoms with Gasteiger partial charge in [-0.1, -0.05) is 49.9 Å². The highest BCUT2D eigenvalue weighted by atomic mass is 28.4. The van der Waals surface area contributed by atoms with Crippen molar-refractivity contribution in [2.75, 3.05) is 0 Å². The molecule has 1 aliphatic rings. The second-order valence-corrected chi connectivity index (χ2v) is 9.31. The molecule has 0 radical (unpaired) electrons. The molecule has 0 spiro atoms. The Morgan fingerprint density at radius 2 is 1.83 bits per heavy atom. The van der Waals surface area contributed by atoms with Crippen molar-refractivity contribution in [3.63, 3.8) is 0 Å². The van der Waals surface area contributed by atoms with Crippen molar-refractivity contribution in [1.29, 1.82) is 0 Å². The summed E-state index contributed by atoms with van der Waals surface area (Å²) < 4.78 is 6.21. The first-order chi connectivity index (χ1) is 8.47. The molecule has 1 aliphatic heterocycles. The molecule has 2 atom stereocenters. The predicted octanol–water partition coefficient (Wildman–Crippen LogP) is 4.43. The van der Waals surface area contributed by atoms with Crippen LogP contribution in [-0.2, 0) is 4.43 Å². The average Bonchev–Trinajstić information content (AvgIpc) is 2.54. The first-order valence-electron chi connectivity index (χ1n) is 6.57. The number of allylic oxidation sites excluding steroid dienone is 2. The third-order valence-electron chi connectivity index (χ3n) is 3.87. The van der Waals surface area contributed by atoms with Crippen LogP contribution in [0, 0.1) is 5.92 Å². The van der Waals surface area contributed by atoms with Crippen molar-refractivity contribution >= 4 is 13.9 Å². The fourth-order valence-corrected chi connectivity index (χ4v) is 6.47. The summed E-state index contributed by atoms with van der Waals surface area (Å²) >= 11 is 0. The summed E-state index contributed by atoms with van der Waals surface area (Å²) in [6, 6.07) is 10.5. The van der Waals surface area contributed by atoms with Gasteiger partial charge in [-0.25, -0.2) is 0 Å². The van der Waals surface area contributed by atoms with Gasteiger partial charge in [-0.3, -0.25) is 0 Å². The van der Waals surface area contributed by atoms with Crippen LogP contribution in [0.3, 0.4) is 0 Å². The number of hydrogen-bond donors (Lipinski definition) is 0. The molecule has 0 aromatic heterocycles. The summed E-state index contributed by atoms with van der Waals surface area (Å²) in [6.45, 7) is 13.0. The molecule has 2 rings (SSSR count). The predicted molar refractivity (Wildman–Crippen MR) is 80.8 cm³/mol. The zero-order valence-corrected chi connectivity index (χ0v) is 12.7. The van der Waals surface area contributed by atoms with Gasteiger partial charge >= 0.3 is 0 Å². The van der Waals surface area contributed by atoms with Gasteiger partial charge in [-0.05, 0) is 36.4 Å². The van der Waals surface area contributed by atoms with E-state index >= 15 is 0 Å². The van der Waals surface area contributed by atoms with Crippen LogP contribution in [0.1, 0.15) is 19.4 Å². The van der Waals surface area contributed by atoms with Gasteiger partial charge in [0.1, 0.15) is 0 Å². The Morgan fingerprint density at radius 1 is 1.22 bits per heavy atom. The second-order valence-electron chi connectivity index (χ2n) is 5.52. The van der Waals surface area contributed by atoms with E-state index in [0.29, 0.717) is 12.0 Å². The Balaban J connectivity index is 2.60. The highest BCUT2D eigenvalue weighted by Gasteiger charge is 2.43. The Kier molecular flexibility index (Phi) is 3.60. The molecule has 1 aromatic carbocycles. The van der Waals surface area contributed by atoms with Gasteiger partial charge in [0.25, 0.3) is 0 Å². The first-order valence-corrected chi connectivity index (χ1v) is 9.48. The molecular formula is C16H22OSi. The molecule has 0 amide bonds. The van der Waals surface area contributed by atoms with Gasteiger partial charge < -0.3 is 4.43 Å². The van der Waals surface area contributed by atoms with Crippen LogP contribution in [0.2, 0.25) is 13.1 Å². The lowest BCUT2D eigenvalue weighted by molar-refractivity contribution is 0.209. The lowest BCUT2D eigenvalue weighted by Crippen LogP contribution is -2.29. The maximum atomic E-state index is 6.21. The van der Waals surface area contributed by atoms with Crippen molar-refractivity contribution < 1.29 is 4.43 Å². The number of benzene rings is 1. The summed E-state index contributed by atoms with van der Waals surface area (Å²) in [4.78, 5) is 0. The van der Waals surface area contributed by atoms with Gasteiger partial charge in [-0.15, -0.1) is 0 Å². The van der Waals surface area contributed by atoms with Crippen molar-refractivity contribution in [3.8, 4) is 0 Å². The zero-order chi connectivity index (χ0) is 13.3. The molecule has 0 N–H and O–H groups in total. The zero-order valence-electron chi connectivity index (χ0n) is 11.7. The number of rotatable bonds is 2. The minimum Gasteiger partial charge on any atom is -0.410 e. The molecule has 2 heteroatoms. The molecule has 1 saturated heterocycles. The molecule has 0 bridgehead atoms. The van der Waals surface area contributed by atoms with Crippen molar-refractivity contribution in [1.82, 2.24) is 0 Å². The molecule has 1 nitrogen and oxygen atoms in total. The summed E-state index contributed by atoms with van der Waals surface area (Å²) in [5.41, 5.74) is 2.54. The smallest absolute Gasteiger partial charge is 0.215 e. The standard InChI is InChI=1S/C16H22OSi/c1-6-15(14-10-8-7-9-11-14)16-12(2)13(3)17-18(16,4)5/h6-13H,1H2,2-5H3/b16-15-/t12-,13+/m1/s1. The minimum absolute atomic E-state index is 0.320. The van der Waals surface area contributed by atoms with E-state index in [1.54, 1.807) is 0 Å². The maximum Gasteiger partial charge on any atom is 0.215 e. The van der Waals surface area contributed by atoms with E-state index in [9.17, 15) is 0 Å². The molecule has 0 saturated carbocycles. The Morgan fingerprint density at radius 3 is 2.28 bits per heavy atom. The van der Waals surface area contributed by atoms with Gasteiger partial charge in [-0.2, -0.15) is 0 Å². The van der Waals surface area contributed by atoms with Gasteiger partial charge in [0.2, 0.25) is 8.32 Å². The normalized spacial score (nSPS) is 29.1. The highest BCUT2D eigenvalue weighted by Crippen LogP contribution is 2.41. The molecule has 0 aliphatic carbocycles. The van der Waals surface area contributed by atoms with E-state index in [1.165, 1.54) is 16.3 Å². The van der Waals surface area contributed by atoms with Crippen molar-refractivity contribution in [2.45, 2.75) is 33.0 Å². The van der Waals surface area contributed by atoms with E-state index in [-0.39, 0.29) is 0 Å². The molecule has 1 heterocycles. The topological polar surface area (TPSA) is 9.23 Å². The minimum atomic E-state index is -1.75. The molecule has 1 fully saturated rings. The Bertz CT molecular complexity index is 473. The van der Waals surface area contributed by atoms with Crippen molar-refractivity contribution in [3.05, 3.63) is 53.7 Å². The molecule has 0 unspecified atom stereocenters.